The lowest BCUT2D eigenvalue weighted by Gasteiger charge is -2.20. The summed E-state index contributed by atoms with van der Waals surface area (Å²) in [4.78, 5) is 24.6. The second kappa shape index (κ2) is 14.0. The highest BCUT2D eigenvalue weighted by molar-refractivity contribution is 5.85. The lowest BCUT2D eigenvalue weighted by atomic mass is 9.99. The lowest BCUT2D eigenvalue weighted by molar-refractivity contribution is -0.795. The van der Waals surface area contributed by atoms with Crippen LogP contribution in [0.1, 0.15) is 31.7 Å². The van der Waals surface area contributed by atoms with Gasteiger partial charge in [-0.1, -0.05) is 54.6 Å². The molecule has 1 unspecified atom stereocenters. The molecule has 0 spiro atoms. The molecule has 2 rings (SSSR count). The van der Waals surface area contributed by atoms with Crippen LogP contribution in [0.15, 0.2) is 54.6 Å². The SMILES string of the molecule is CCOC(=O)CC(Cc1ccc(-c2ccccc2)cc1)NC(=O)CCC(=N)N(CCN)[NH2+]N. The van der Waals surface area contributed by atoms with Gasteiger partial charge in [-0.3, -0.25) is 15.0 Å². The monoisotopic (exact) mass is 455 g/mol. The van der Waals surface area contributed by atoms with Gasteiger partial charge in [-0.25, -0.2) is 0 Å². The highest BCUT2D eigenvalue weighted by atomic mass is 16.5. The molecule has 0 saturated heterocycles. The normalized spacial score (nSPS) is 11.5. The largest absolute Gasteiger partial charge is 0.466 e. The Hall–Kier alpha value is -3.27. The van der Waals surface area contributed by atoms with E-state index in [-0.39, 0.29) is 43.6 Å². The fourth-order valence-electron chi connectivity index (χ4n) is 3.46. The third-order valence-electron chi connectivity index (χ3n) is 5.11. The number of carbonyl (C=O) groups excluding carboxylic acids is 2. The number of nitrogens with zero attached hydrogens (tertiary/aromatic N) is 1. The van der Waals surface area contributed by atoms with Crippen molar-refractivity contribution in [1.82, 2.24) is 10.3 Å². The van der Waals surface area contributed by atoms with Crippen LogP contribution in [0.3, 0.4) is 0 Å². The summed E-state index contributed by atoms with van der Waals surface area (Å²) >= 11 is 0. The molecule has 0 fully saturated rings. The van der Waals surface area contributed by atoms with E-state index < -0.39 is 6.04 Å². The van der Waals surface area contributed by atoms with E-state index in [4.69, 9.17) is 21.7 Å². The van der Waals surface area contributed by atoms with E-state index in [1.165, 1.54) is 10.5 Å². The Labute approximate surface area is 194 Å². The number of hydrogen-bond donors (Lipinski definition) is 5. The Morgan fingerprint density at radius 2 is 1.76 bits per heavy atom. The first-order valence-electron chi connectivity index (χ1n) is 11.1. The summed E-state index contributed by atoms with van der Waals surface area (Å²) in [5, 5.41) is 12.5. The minimum absolute atomic E-state index is 0.0767. The Bertz CT molecular complexity index is 889. The number of rotatable bonds is 13. The number of hydrogen-bond acceptors (Lipinski definition) is 6. The first kappa shape index (κ1) is 26.0. The average molecular weight is 456 g/mol. The molecule has 0 heterocycles. The van der Waals surface area contributed by atoms with Crippen molar-refractivity contribution in [2.24, 2.45) is 11.6 Å². The van der Waals surface area contributed by atoms with Crippen molar-refractivity contribution >= 4 is 17.7 Å². The van der Waals surface area contributed by atoms with E-state index in [1.54, 1.807) is 6.92 Å². The van der Waals surface area contributed by atoms with Gasteiger partial charge in [0.25, 0.3) is 0 Å². The summed E-state index contributed by atoms with van der Waals surface area (Å²) in [6.45, 7) is 2.81. The second-order valence-electron chi connectivity index (χ2n) is 7.62. The van der Waals surface area contributed by atoms with Crippen LogP contribution in [0.4, 0.5) is 0 Å². The van der Waals surface area contributed by atoms with Crippen molar-refractivity contribution in [3.63, 3.8) is 0 Å². The van der Waals surface area contributed by atoms with Crippen LogP contribution >= 0.6 is 0 Å². The van der Waals surface area contributed by atoms with Crippen LogP contribution in [-0.4, -0.2) is 48.5 Å². The maximum atomic E-state index is 12.6. The third kappa shape index (κ3) is 9.01. The van der Waals surface area contributed by atoms with Gasteiger partial charge in [0.15, 0.2) is 0 Å². The maximum Gasteiger partial charge on any atom is 0.307 e. The number of amides is 1. The molecule has 1 atom stereocenters. The predicted molar refractivity (Wildman–Crippen MR) is 128 cm³/mol. The summed E-state index contributed by atoms with van der Waals surface area (Å²) in [6.07, 6.45) is 0.901. The molecule has 2 aromatic carbocycles. The van der Waals surface area contributed by atoms with Crippen molar-refractivity contribution in [2.45, 2.75) is 38.6 Å². The number of esters is 1. The Morgan fingerprint density at radius 3 is 2.36 bits per heavy atom. The van der Waals surface area contributed by atoms with Crippen molar-refractivity contribution in [1.29, 1.82) is 5.41 Å². The fraction of sp³-hybridized carbons (Fsp3) is 0.375. The third-order valence-corrected chi connectivity index (χ3v) is 5.11. The van der Waals surface area contributed by atoms with Gasteiger partial charge in [0, 0.05) is 25.4 Å². The molecule has 2 aromatic rings. The summed E-state index contributed by atoms with van der Waals surface area (Å²) in [5.41, 5.74) is 10.0. The number of nitrogens with two attached hydrogens (primary N) is 3. The zero-order chi connectivity index (χ0) is 24.1. The molecule has 9 heteroatoms. The minimum atomic E-state index is -0.408. The summed E-state index contributed by atoms with van der Waals surface area (Å²) in [5.74, 6) is 5.14. The smallest absolute Gasteiger partial charge is 0.307 e. The molecule has 1 amide bonds. The predicted octanol–water partition coefficient (Wildman–Crippen LogP) is 0.704. The summed E-state index contributed by atoms with van der Waals surface area (Å²) < 4.78 is 5.08. The van der Waals surface area contributed by atoms with E-state index in [0.717, 1.165) is 16.7 Å². The zero-order valence-electron chi connectivity index (χ0n) is 19.1. The Kier molecular flexibility index (Phi) is 11.0. The zero-order valence-corrected chi connectivity index (χ0v) is 19.1. The van der Waals surface area contributed by atoms with Gasteiger partial charge in [-0.05, 0) is 30.0 Å². The van der Waals surface area contributed by atoms with Gasteiger partial charge < -0.3 is 15.8 Å². The first-order chi connectivity index (χ1) is 16.0. The molecule has 178 valence electrons. The standard InChI is InChI=1S/C24H34N6O3/c1-2-33-24(32)17-21(28-23(31)13-12-22(26)30(29-27)15-14-25)16-18-8-10-20(11-9-18)19-6-4-3-5-7-19/h3-11,21,26,29H,2,12-17,25,27H2,1H3,(H,28,31)/p+1. The topological polar surface area (TPSA) is 151 Å². The highest BCUT2D eigenvalue weighted by Gasteiger charge is 2.19. The molecule has 0 aliphatic rings. The van der Waals surface area contributed by atoms with Gasteiger partial charge in [-0.2, -0.15) is 16.4 Å². The molecule has 33 heavy (non-hydrogen) atoms. The van der Waals surface area contributed by atoms with Crippen LogP contribution in [-0.2, 0) is 20.7 Å². The van der Waals surface area contributed by atoms with Crippen molar-refractivity contribution in [3.05, 3.63) is 60.2 Å². The van der Waals surface area contributed by atoms with Crippen LogP contribution in [0.5, 0.6) is 0 Å². The Balaban J connectivity index is 1.99. The highest BCUT2D eigenvalue weighted by Crippen LogP contribution is 2.20. The minimum Gasteiger partial charge on any atom is -0.466 e. The number of ether oxygens (including phenoxy) is 1. The van der Waals surface area contributed by atoms with Crippen molar-refractivity contribution in [3.8, 4) is 11.1 Å². The molecule has 8 N–H and O–H groups in total. The van der Waals surface area contributed by atoms with Gasteiger partial charge in [0.2, 0.25) is 5.91 Å². The maximum absolute atomic E-state index is 12.6. The van der Waals surface area contributed by atoms with Crippen molar-refractivity contribution < 1.29 is 19.9 Å². The molecular formula is C24H35N6O3+. The molecular weight excluding hydrogens is 420 g/mol. The number of benzene rings is 2. The molecule has 0 aromatic heterocycles. The van der Waals surface area contributed by atoms with Gasteiger partial charge >= 0.3 is 5.97 Å². The first-order valence-corrected chi connectivity index (χ1v) is 11.1. The van der Waals surface area contributed by atoms with Crippen LogP contribution in [0.25, 0.3) is 11.1 Å². The molecule has 0 aliphatic heterocycles. The van der Waals surface area contributed by atoms with Crippen LogP contribution in [0.2, 0.25) is 0 Å². The average Bonchev–Trinajstić information content (AvgIpc) is 2.82. The summed E-state index contributed by atoms with van der Waals surface area (Å²) in [7, 11) is 0. The molecule has 0 bridgehead atoms. The van der Waals surface area contributed by atoms with E-state index >= 15 is 0 Å². The number of carbonyl (C=O) groups is 2. The lowest BCUT2D eigenvalue weighted by Crippen LogP contribution is -3.00. The van der Waals surface area contributed by atoms with Crippen LogP contribution < -0.4 is 22.4 Å². The van der Waals surface area contributed by atoms with Gasteiger partial charge in [0.05, 0.1) is 19.6 Å². The van der Waals surface area contributed by atoms with Gasteiger partial charge in [-0.15, -0.1) is 0 Å². The molecule has 0 saturated carbocycles. The Morgan fingerprint density at radius 1 is 1.09 bits per heavy atom. The fourth-order valence-corrected chi connectivity index (χ4v) is 3.46. The quantitative estimate of drug-likeness (QED) is 0.0986. The van der Waals surface area contributed by atoms with E-state index in [0.29, 0.717) is 19.5 Å². The molecule has 9 nitrogen and oxygen atoms in total. The van der Waals surface area contributed by atoms with E-state index in [9.17, 15) is 9.59 Å². The summed E-state index contributed by atoms with van der Waals surface area (Å²) in [6, 6.07) is 17.7. The van der Waals surface area contributed by atoms with E-state index in [2.05, 4.69) is 5.32 Å². The second-order valence-corrected chi connectivity index (χ2v) is 7.62. The number of amidine groups is 1. The van der Waals surface area contributed by atoms with Crippen molar-refractivity contribution in [2.75, 3.05) is 19.7 Å². The van der Waals surface area contributed by atoms with E-state index in [1.807, 2.05) is 54.6 Å². The number of quaternary nitrogens is 1. The van der Waals surface area contributed by atoms with Gasteiger partial charge in [0.1, 0.15) is 5.84 Å². The molecule has 0 aliphatic carbocycles. The van der Waals surface area contributed by atoms with Crippen LogP contribution in [0, 0.1) is 5.41 Å². The molecule has 0 radical (unpaired) electrons. The number of nitrogens with one attached hydrogen (secondary N) is 2.